The molecule has 1 aromatic heterocycles. The first-order valence-corrected chi connectivity index (χ1v) is 6.47. The Morgan fingerprint density at radius 2 is 2.16 bits per heavy atom. The van der Waals surface area contributed by atoms with Gasteiger partial charge in [-0.3, -0.25) is 4.79 Å². The standard InChI is InChI=1S/C15H20N2O2/c1-5-16-9-14(18)15-10(2)17(3)13-7-6-11(19-4)8-12(13)15/h6-8,16H,5,9H2,1-4H3. The molecule has 0 aliphatic heterocycles. The zero-order valence-corrected chi connectivity index (χ0v) is 11.9. The number of aryl methyl sites for hydroxylation is 1. The third-order valence-corrected chi connectivity index (χ3v) is 3.51. The van der Waals surface area contributed by atoms with Crippen LogP contribution in [0.1, 0.15) is 23.0 Å². The lowest BCUT2D eigenvalue weighted by molar-refractivity contribution is 0.0992. The number of carbonyl (C=O) groups is 1. The van der Waals surface area contributed by atoms with E-state index in [1.165, 1.54) is 0 Å². The molecule has 4 heteroatoms. The number of aromatic nitrogens is 1. The van der Waals surface area contributed by atoms with E-state index in [1.807, 2.05) is 43.7 Å². The molecule has 0 aliphatic carbocycles. The van der Waals surface area contributed by atoms with Gasteiger partial charge in [0.15, 0.2) is 5.78 Å². The van der Waals surface area contributed by atoms with Crippen LogP contribution < -0.4 is 10.1 Å². The van der Waals surface area contributed by atoms with Crippen LogP contribution in [0.5, 0.6) is 5.75 Å². The summed E-state index contributed by atoms with van der Waals surface area (Å²) in [5, 5.41) is 4.05. The summed E-state index contributed by atoms with van der Waals surface area (Å²) in [5.41, 5.74) is 2.83. The van der Waals surface area contributed by atoms with Gasteiger partial charge in [0, 0.05) is 29.2 Å². The van der Waals surface area contributed by atoms with Gasteiger partial charge >= 0.3 is 0 Å². The Morgan fingerprint density at radius 3 is 2.79 bits per heavy atom. The number of nitrogens with one attached hydrogen (secondary N) is 1. The number of ketones is 1. The highest BCUT2D eigenvalue weighted by Gasteiger charge is 2.18. The van der Waals surface area contributed by atoms with E-state index in [0.29, 0.717) is 6.54 Å². The van der Waals surface area contributed by atoms with Crippen molar-refractivity contribution in [3.63, 3.8) is 0 Å². The van der Waals surface area contributed by atoms with E-state index in [0.717, 1.165) is 34.5 Å². The van der Waals surface area contributed by atoms with E-state index < -0.39 is 0 Å². The summed E-state index contributed by atoms with van der Waals surface area (Å²) in [4.78, 5) is 12.3. The Morgan fingerprint density at radius 1 is 1.42 bits per heavy atom. The molecule has 0 spiro atoms. The molecule has 0 bridgehead atoms. The highest BCUT2D eigenvalue weighted by atomic mass is 16.5. The quantitative estimate of drug-likeness (QED) is 0.839. The van der Waals surface area contributed by atoms with Gasteiger partial charge in [-0.25, -0.2) is 0 Å². The number of hydrogen-bond donors (Lipinski definition) is 1. The minimum atomic E-state index is 0.123. The van der Waals surface area contributed by atoms with Crippen LogP contribution in [0.4, 0.5) is 0 Å². The smallest absolute Gasteiger partial charge is 0.179 e. The van der Waals surface area contributed by atoms with Gasteiger partial charge in [-0.15, -0.1) is 0 Å². The second kappa shape index (κ2) is 5.45. The molecule has 2 rings (SSSR count). The first kappa shape index (κ1) is 13.6. The summed E-state index contributed by atoms with van der Waals surface area (Å²) in [7, 11) is 3.62. The van der Waals surface area contributed by atoms with Crippen LogP contribution in [0.15, 0.2) is 18.2 Å². The fourth-order valence-electron chi connectivity index (χ4n) is 2.36. The molecule has 1 heterocycles. The lowest BCUT2D eigenvalue weighted by atomic mass is 10.1. The van der Waals surface area contributed by atoms with E-state index in [9.17, 15) is 4.79 Å². The molecule has 0 unspecified atom stereocenters. The van der Waals surface area contributed by atoms with Crippen molar-refractivity contribution in [2.45, 2.75) is 13.8 Å². The monoisotopic (exact) mass is 260 g/mol. The number of nitrogens with zero attached hydrogens (tertiary/aromatic N) is 1. The molecule has 4 nitrogen and oxygen atoms in total. The maximum Gasteiger partial charge on any atom is 0.179 e. The molecule has 102 valence electrons. The molecular formula is C15H20N2O2. The summed E-state index contributed by atoms with van der Waals surface area (Å²) in [5.74, 6) is 0.897. The minimum absolute atomic E-state index is 0.123. The van der Waals surface area contributed by atoms with Crippen LogP contribution in [-0.2, 0) is 7.05 Å². The molecule has 0 aliphatic rings. The van der Waals surface area contributed by atoms with E-state index in [2.05, 4.69) is 5.32 Å². The first-order chi connectivity index (χ1) is 9.10. The zero-order chi connectivity index (χ0) is 14.0. The van der Waals surface area contributed by atoms with Crippen molar-refractivity contribution >= 4 is 16.7 Å². The number of likely N-dealkylation sites (N-methyl/N-ethyl adjacent to an activating group) is 1. The molecule has 1 aromatic carbocycles. The van der Waals surface area contributed by atoms with Crippen LogP contribution in [0.2, 0.25) is 0 Å². The molecule has 0 atom stereocenters. The Hall–Kier alpha value is -1.81. The van der Waals surface area contributed by atoms with Gasteiger partial charge in [-0.1, -0.05) is 6.92 Å². The number of ether oxygens (including phenoxy) is 1. The van der Waals surface area contributed by atoms with Crippen LogP contribution in [0.25, 0.3) is 10.9 Å². The van der Waals surface area contributed by atoms with Gasteiger partial charge in [0.2, 0.25) is 0 Å². The normalized spacial score (nSPS) is 10.9. The minimum Gasteiger partial charge on any atom is -0.497 e. The number of hydrogen-bond acceptors (Lipinski definition) is 3. The van der Waals surface area contributed by atoms with Crippen molar-refractivity contribution in [1.29, 1.82) is 0 Å². The third kappa shape index (κ3) is 2.36. The summed E-state index contributed by atoms with van der Waals surface area (Å²) in [6, 6.07) is 5.84. The summed E-state index contributed by atoms with van der Waals surface area (Å²) in [6.45, 7) is 5.13. The van der Waals surface area contributed by atoms with Gasteiger partial charge in [0.1, 0.15) is 5.75 Å². The number of carbonyl (C=O) groups excluding carboxylic acids is 1. The molecule has 19 heavy (non-hydrogen) atoms. The molecule has 0 saturated carbocycles. The Bertz CT molecular complexity index is 614. The molecule has 1 N–H and O–H groups in total. The van der Waals surface area contributed by atoms with Gasteiger partial charge in [0.25, 0.3) is 0 Å². The van der Waals surface area contributed by atoms with Gasteiger partial charge in [0.05, 0.1) is 13.7 Å². The van der Waals surface area contributed by atoms with E-state index in [-0.39, 0.29) is 5.78 Å². The van der Waals surface area contributed by atoms with Crippen molar-refractivity contribution in [2.24, 2.45) is 7.05 Å². The number of Topliss-reactive ketones (excluding diaryl/α,β-unsaturated/α-hetero) is 1. The maximum absolute atomic E-state index is 12.3. The van der Waals surface area contributed by atoms with Crippen LogP contribution >= 0.6 is 0 Å². The largest absolute Gasteiger partial charge is 0.497 e. The summed E-state index contributed by atoms with van der Waals surface area (Å²) >= 11 is 0. The Labute approximate surface area is 113 Å². The van der Waals surface area contributed by atoms with Crippen LogP contribution in [0, 0.1) is 6.92 Å². The predicted molar refractivity (Wildman–Crippen MR) is 77.1 cm³/mol. The maximum atomic E-state index is 12.3. The molecule has 0 fully saturated rings. The zero-order valence-electron chi connectivity index (χ0n) is 11.9. The third-order valence-electron chi connectivity index (χ3n) is 3.51. The lowest BCUT2D eigenvalue weighted by Gasteiger charge is -2.03. The molecule has 0 saturated heterocycles. The average molecular weight is 260 g/mol. The topological polar surface area (TPSA) is 43.3 Å². The number of methoxy groups -OCH3 is 1. The van der Waals surface area contributed by atoms with Gasteiger partial charge in [-0.2, -0.15) is 0 Å². The summed E-state index contributed by atoms with van der Waals surface area (Å²) in [6.07, 6.45) is 0. The number of benzene rings is 1. The van der Waals surface area contributed by atoms with E-state index in [4.69, 9.17) is 4.74 Å². The molecule has 0 radical (unpaired) electrons. The number of fused-ring (bicyclic) bond motifs is 1. The first-order valence-electron chi connectivity index (χ1n) is 6.47. The highest BCUT2D eigenvalue weighted by Crippen LogP contribution is 2.28. The second-order valence-electron chi connectivity index (χ2n) is 4.61. The predicted octanol–water partition coefficient (Wildman–Crippen LogP) is 2.29. The van der Waals surface area contributed by atoms with Crippen molar-refractivity contribution in [1.82, 2.24) is 9.88 Å². The van der Waals surface area contributed by atoms with Crippen LogP contribution in [0.3, 0.4) is 0 Å². The van der Waals surface area contributed by atoms with Gasteiger partial charge < -0.3 is 14.6 Å². The Balaban J connectivity index is 2.58. The fourth-order valence-corrected chi connectivity index (χ4v) is 2.36. The van der Waals surface area contributed by atoms with E-state index in [1.54, 1.807) is 7.11 Å². The lowest BCUT2D eigenvalue weighted by Crippen LogP contribution is -2.23. The molecular weight excluding hydrogens is 240 g/mol. The highest BCUT2D eigenvalue weighted by molar-refractivity contribution is 6.10. The fraction of sp³-hybridized carbons (Fsp3) is 0.400. The van der Waals surface area contributed by atoms with Crippen molar-refractivity contribution in [3.05, 3.63) is 29.5 Å². The van der Waals surface area contributed by atoms with Crippen molar-refractivity contribution < 1.29 is 9.53 Å². The molecule has 2 aromatic rings. The van der Waals surface area contributed by atoms with E-state index >= 15 is 0 Å². The Kier molecular flexibility index (Phi) is 3.90. The van der Waals surface area contributed by atoms with Crippen molar-refractivity contribution in [2.75, 3.05) is 20.2 Å². The van der Waals surface area contributed by atoms with Crippen molar-refractivity contribution in [3.8, 4) is 5.75 Å². The second-order valence-corrected chi connectivity index (χ2v) is 4.61. The molecule has 0 amide bonds. The SMILES string of the molecule is CCNCC(=O)c1c(C)n(C)c2ccc(OC)cc12. The summed E-state index contributed by atoms with van der Waals surface area (Å²) < 4.78 is 7.30. The number of rotatable bonds is 5. The van der Waals surface area contributed by atoms with Crippen LogP contribution in [-0.4, -0.2) is 30.5 Å². The average Bonchev–Trinajstić information content (AvgIpc) is 2.68. The van der Waals surface area contributed by atoms with Gasteiger partial charge in [-0.05, 0) is 31.7 Å².